The van der Waals surface area contributed by atoms with Crippen LogP contribution in [0.3, 0.4) is 0 Å². The van der Waals surface area contributed by atoms with Crippen LogP contribution in [0.2, 0.25) is 10.0 Å². The van der Waals surface area contributed by atoms with Gasteiger partial charge in [0.05, 0.1) is 35.2 Å². The number of aromatic nitrogens is 9. The molecule has 3 aliphatic rings. The molecule has 12 rings (SSSR count). The summed E-state index contributed by atoms with van der Waals surface area (Å²) in [6.07, 6.45) is 16.7. The average Bonchev–Trinajstić information content (AvgIpc) is 4.21. The molecule has 3 saturated heterocycles. The van der Waals surface area contributed by atoms with E-state index in [4.69, 9.17) is 43.2 Å². The monoisotopic (exact) mass is 963 g/mol. The minimum atomic E-state index is -0.231. The number of hydrogen-bond donors (Lipinski definition) is 0. The fourth-order valence-corrected chi connectivity index (χ4v) is 10.1. The smallest absolute Gasteiger partial charge is 0.123 e. The fourth-order valence-electron chi connectivity index (χ4n) is 9.84. The zero-order chi connectivity index (χ0) is 47.3. The van der Waals surface area contributed by atoms with Crippen molar-refractivity contribution in [2.45, 2.75) is 57.7 Å². The van der Waals surface area contributed by atoms with Crippen LogP contribution in [-0.4, -0.2) is 107 Å². The van der Waals surface area contributed by atoms with E-state index in [0.717, 1.165) is 156 Å². The van der Waals surface area contributed by atoms with Gasteiger partial charge >= 0.3 is 0 Å². The summed E-state index contributed by atoms with van der Waals surface area (Å²) in [6.45, 7) is 10.4. The molecule has 3 aromatic carbocycles. The van der Waals surface area contributed by atoms with Crippen molar-refractivity contribution in [2.75, 3.05) is 53.0 Å². The maximum absolute atomic E-state index is 13.2. The summed E-state index contributed by atoms with van der Waals surface area (Å²) in [5.41, 5.74) is 9.30. The number of fused-ring (bicyclic) bond motifs is 3. The quantitative estimate of drug-likeness (QED) is 0.147. The van der Waals surface area contributed by atoms with Crippen LogP contribution in [0.1, 0.15) is 51.1 Å². The molecule has 0 spiro atoms. The number of benzene rings is 3. The Labute approximate surface area is 411 Å². The zero-order valence-electron chi connectivity index (χ0n) is 39.0. The van der Waals surface area contributed by atoms with Gasteiger partial charge in [0.25, 0.3) is 0 Å². The number of ether oxygens (including phenoxy) is 1. The SMILES string of the molecule is CCN1CCC(n2nc(-c3ccc(Cl)cc3)c3cnccc32)CC1.CN1CCC(n2nc(-c3ccc(F)cc3)c3cnccc32)CC1.Clc1ccc(-c2nn(CC3CCOC3)c3ccncc23)cc1. The minimum Gasteiger partial charge on any atom is -0.381 e. The molecule has 0 saturated carbocycles. The van der Waals surface area contributed by atoms with Gasteiger partial charge in [-0.3, -0.25) is 29.0 Å². The predicted molar refractivity (Wildman–Crippen MR) is 274 cm³/mol. The van der Waals surface area contributed by atoms with E-state index in [1.54, 1.807) is 12.1 Å². The maximum Gasteiger partial charge on any atom is 0.123 e. The Morgan fingerprint density at radius 3 is 1.49 bits per heavy atom. The molecule has 0 N–H and O–H groups in total. The molecule has 354 valence electrons. The lowest BCUT2D eigenvalue weighted by Crippen LogP contribution is -2.34. The second kappa shape index (κ2) is 21.3. The molecule has 3 aliphatic heterocycles. The molecule has 0 aliphatic carbocycles. The molecule has 3 fully saturated rings. The van der Waals surface area contributed by atoms with Crippen molar-refractivity contribution < 1.29 is 9.13 Å². The Hall–Kier alpha value is -6.09. The second-order valence-electron chi connectivity index (χ2n) is 18.2. The molecule has 9 heterocycles. The molecule has 6 aromatic heterocycles. The predicted octanol–water partition coefficient (Wildman–Crippen LogP) is 11.7. The van der Waals surface area contributed by atoms with Crippen molar-refractivity contribution in [1.82, 2.24) is 54.1 Å². The maximum atomic E-state index is 13.2. The molecule has 12 nitrogen and oxygen atoms in total. The summed E-state index contributed by atoms with van der Waals surface area (Å²) in [5, 5.41) is 19.4. The summed E-state index contributed by atoms with van der Waals surface area (Å²) < 4.78 is 25.1. The third-order valence-corrected chi connectivity index (χ3v) is 14.3. The van der Waals surface area contributed by atoms with Crippen LogP contribution in [0.15, 0.2) is 128 Å². The highest BCUT2D eigenvalue weighted by atomic mass is 35.5. The summed E-state index contributed by atoms with van der Waals surface area (Å²) in [7, 11) is 2.16. The first kappa shape index (κ1) is 46.6. The van der Waals surface area contributed by atoms with E-state index < -0.39 is 0 Å². The number of nitrogens with zero attached hydrogens (tertiary/aromatic N) is 11. The molecule has 9 aromatic rings. The van der Waals surface area contributed by atoms with Gasteiger partial charge in [-0.2, -0.15) is 15.3 Å². The number of likely N-dealkylation sites (tertiary alicyclic amines) is 2. The first-order valence-electron chi connectivity index (χ1n) is 24.0. The number of piperidine rings is 2. The Bertz CT molecular complexity index is 3110. The molecular weight excluding hydrogens is 909 g/mol. The molecule has 69 heavy (non-hydrogen) atoms. The Balaban J connectivity index is 0.000000120. The third kappa shape index (κ3) is 10.4. The highest BCUT2D eigenvalue weighted by molar-refractivity contribution is 6.31. The van der Waals surface area contributed by atoms with Gasteiger partial charge in [-0.05, 0) is 126 Å². The first-order chi connectivity index (χ1) is 33.8. The molecule has 1 atom stereocenters. The first-order valence-corrected chi connectivity index (χ1v) is 24.8. The Morgan fingerprint density at radius 1 is 0.565 bits per heavy atom. The van der Waals surface area contributed by atoms with E-state index in [-0.39, 0.29) is 5.82 Å². The van der Waals surface area contributed by atoms with Gasteiger partial charge < -0.3 is 14.5 Å². The normalized spacial score (nSPS) is 17.3. The van der Waals surface area contributed by atoms with Gasteiger partial charge in [-0.15, -0.1) is 0 Å². The van der Waals surface area contributed by atoms with E-state index >= 15 is 0 Å². The lowest BCUT2D eigenvalue weighted by molar-refractivity contribution is 0.182. The number of halogens is 3. The van der Waals surface area contributed by atoms with Crippen LogP contribution < -0.4 is 0 Å². The van der Waals surface area contributed by atoms with Crippen molar-refractivity contribution in [3.63, 3.8) is 0 Å². The highest BCUT2D eigenvalue weighted by Crippen LogP contribution is 2.35. The number of rotatable bonds is 8. The Morgan fingerprint density at radius 2 is 1.01 bits per heavy atom. The topological polar surface area (TPSA) is 108 Å². The van der Waals surface area contributed by atoms with E-state index in [2.05, 4.69) is 58.8 Å². The van der Waals surface area contributed by atoms with Gasteiger partial charge in [0.15, 0.2) is 0 Å². The second-order valence-corrected chi connectivity index (χ2v) is 19.1. The van der Waals surface area contributed by atoms with Crippen molar-refractivity contribution in [2.24, 2.45) is 5.92 Å². The highest BCUT2D eigenvalue weighted by Gasteiger charge is 2.25. The van der Waals surface area contributed by atoms with E-state index in [1.165, 1.54) is 17.6 Å². The fraction of sp³-hybridized carbons (Fsp3) is 0.333. The molecule has 0 bridgehead atoms. The number of pyridine rings is 3. The van der Waals surface area contributed by atoms with Crippen molar-refractivity contribution in [3.05, 3.63) is 144 Å². The molecule has 1 unspecified atom stereocenters. The van der Waals surface area contributed by atoms with E-state index in [1.807, 2.05) is 97.8 Å². The van der Waals surface area contributed by atoms with Crippen LogP contribution >= 0.6 is 23.2 Å². The lowest BCUT2D eigenvalue weighted by Gasteiger charge is -2.31. The van der Waals surface area contributed by atoms with Crippen LogP contribution in [-0.2, 0) is 11.3 Å². The van der Waals surface area contributed by atoms with Crippen LogP contribution in [0.4, 0.5) is 4.39 Å². The van der Waals surface area contributed by atoms with Gasteiger partial charge in [0.1, 0.15) is 22.9 Å². The van der Waals surface area contributed by atoms with E-state index in [9.17, 15) is 4.39 Å². The molecule has 0 radical (unpaired) electrons. The van der Waals surface area contributed by atoms with Crippen molar-refractivity contribution in [1.29, 1.82) is 0 Å². The standard InChI is InChI=1S/C19H21ClN4.C18H19FN4.C17H16ClN3O/c1-2-23-11-8-16(9-12-23)24-18-7-10-21-13-17(18)19(22-24)14-3-5-15(20)6-4-14;1-22-10-7-15(8-11-22)23-17-6-9-20-12-16(17)18(21-23)13-2-4-14(19)5-3-13;18-14-3-1-13(2-4-14)17-15-9-19-7-5-16(15)21(20-17)10-12-6-8-22-11-12/h3-7,10,13,16H,2,8-9,11-12H2,1H3;2-6,9,12,15H,7-8,10-11H2,1H3;1-5,7,9,12H,6,8,10-11H2. The summed E-state index contributed by atoms with van der Waals surface area (Å²) >= 11 is 12.0. The van der Waals surface area contributed by atoms with Gasteiger partial charge in [0, 0.05) is 112 Å². The molecular formula is C54H56Cl2FN11O. The van der Waals surface area contributed by atoms with Crippen molar-refractivity contribution >= 4 is 55.9 Å². The van der Waals surface area contributed by atoms with Gasteiger partial charge in [-0.25, -0.2) is 4.39 Å². The summed E-state index contributed by atoms with van der Waals surface area (Å²) in [5.74, 6) is 0.306. The van der Waals surface area contributed by atoms with Crippen LogP contribution in [0.25, 0.3) is 66.5 Å². The number of hydrogen-bond acceptors (Lipinski definition) is 9. The minimum absolute atomic E-state index is 0.231. The largest absolute Gasteiger partial charge is 0.381 e. The van der Waals surface area contributed by atoms with Crippen LogP contribution in [0, 0.1) is 11.7 Å². The average molecular weight is 965 g/mol. The van der Waals surface area contributed by atoms with Gasteiger partial charge in [0.2, 0.25) is 0 Å². The molecule has 15 heteroatoms. The molecule has 0 amide bonds. The summed E-state index contributed by atoms with van der Waals surface area (Å²) in [4.78, 5) is 17.7. The van der Waals surface area contributed by atoms with E-state index in [0.29, 0.717) is 18.0 Å². The lowest BCUT2D eigenvalue weighted by atomic mass is 10.1. The van der Waals surface area contributed by atoms with Gasteiger partial charge in [-0.1, -0.05) is 54.4 Å². The third-order valence-electron chi connectivity index (χ3n) is 13.8. The zero-order valence-corrected chi connectivity index (χ0v) is 40.5. The van der Waals surface area contributed by atoms with Crippen molar-refractivity contribution in [3.8, 4) is 33.8 Å². The Kier molecular flexibility index (Phi) is 14.4. The van der Waals surface area contributed by atoms with Crippen LogP contribution in [0.5, 0.6) is 0 Å². The summed E-state index contributed by atoms with van der Waals surface area (Å²) in [6, 6.07) is 29.2.